The van der Waals surface area contributed by atoms with Crippen LogP contribution >= 0.6 is 11.3 Å². The zero-order valence-corrected chi connectivity index (χ0v) is 11.4. The molecule has 0 amide bonds. The maximum absolute atomic E-state index is 8.63. The molecule has 0 radical (unpaired) electrons. The molecule has 2 rings (SSSR count). The van der Waals surface area contributed by atoms with Crippen LogP contribution in [0.5, 0.6) is 11.5 Å². The van der Waals surface area contributed by atoms with Crippen LogP contribution in [-0.4, -0.2) is 18.8 Å². The number of aliphatic hydroxyl groups is 1. The van der Waals surface area contributed by atoms with Crippen LogP contribution < -0.4 is 9.47 Å². The first-order chi connectivity index (χ1) is 9.31. The Morgan fingerprint density at radius 2 is 2.05 bits per heavy atom. The van der Waals surface area contributed by atoms with E-state index in [-0.39, 0.29) is 6.61 Å². The van der Waals surface area contributed by atoms with Crippen molar-refractivity contribution < 1.29 is 14.6 Å². The summed E-state index contributed by atoms with van der Waals surface area (Å²) in [5.41, 5.74) is 0. The van der Waals surface area contributed by atoms with Crippen molar-refractivity contribution in [2.75, 3.05) is 13.7 Å². The summed E-state index contributed by atoms with van der Waals surface area (Å²) >= 11 is 1.56. The Bertz CT molecular complexity index is 593. The van der Waals surface area contributed by atoms with E-state index in [1.165, 1.54) is 0 Å². The standard InChI is InChI=1S/C15H14O3S/c1-17-12-4-2-5-13(10-12)18-11-15-8-7-14(19-15)6-3-9-16/h2,4-5,7-8,10,16H,9,11H2,1H3. The molecule has 1 aromatic heterocycles. The molecular weight excluding hydrogens is 260 g/mol. The van der Waals surface area contributed by atoms with Crippen molar-refractivity contribution in [3.05, 3.63) is 46.2 Å². The molecule has 19 heavy (non-hydrogen) atoms. The van der Waals surface area contributed by atoms with Crippen LogP contribution in [0.3, 0.4) is 0 Å². The second-order valence-electron chi connectivity index (χ2n) is 3.69. The van der Waals surface area contributed by atoms with Gasteiger partial charge in [0.1, 0.15) is 24.7 Å². The van der Waals surface area contributed by atoms with Crippen molar-refractivity contribution >= 4 is 11.3 Å². The third kappa shape index (κ3) is 4.02. The molecular formula is C15H14O3S. The van der Waals surface area contributed by atoms with Crippen LogP contribution in [0.4, 0.5) is 0 Å². The van der Waals surface area contributed by atoms with E-state index < -0.39 is 0 Å². The summed E-state index contributed by atoms with van der Waals surface area (Å²) < 4.78 is 10.8. The molecule has 0 aliphatic carbocycles. The predicted molar refractivity (Wildman–Crippen MR) is 75.6 cm³/mol. The minimum atomic E-state index is -0.118. The van der Waals surface area contributed by atoms with E-state index in [0.29, 0.717) is 6.61 Å². The highest BCUT2D eigenvalue weighted by Gasteiger charge is 2.01. The molecule has 0 saturated carbocycles. The first-order valence-corrected chi connectivity index (χ1v) is 6.59. The second-order valence-corrected chi connectivity index (χ2v) is 4.86. The van der Waals surface area contributed by atoms with E-state index in [0.717, 1.165) is 21.3 Å². The molecule has 98 valence electrons. The van der Waals surface area contributed by atoms with Gasteiger partial charge in [-0.1, -0.05) is 17.9 Å². The zero-order chi connectivity index (χ0) is 13.5. The maximum Gasteiger partial charge on any atom is 0.123 e. The number of rotatable bonds is 4. The summed E-state index contributed by atoms with van der Waals surface area (Å²) in [4.78, 5) is 2.02. The third-order valence-corrected chi connectivity index (χ3v) is 3.35. The van der Waals surface area contributed by atoms with Crippen molar-refractivity contribution in [3.63, 3.8) is 0 Å². The molecule has 4 heteroatoms. The fraction of sp³-hybridized carbons (Fsp3) is 0.200. The molecule has 3 nitrogen and oxygen atoms in total. The highest BCUT2D eigenvalue weighted by Crippen LogP contribution is 2.22. The Balaban J connectivity index is 1.96. The summed E-state index contributed by atoms with van der Waals surface area (Å²) in [5.74, 6) is 7.05. The van der Waals surface area contributed by atoms with E-state index in [1.54, 1.807) is 18.4 Å². The molecule has 2 aromatic rings. The average molecular weight is 274 g/mol. The molecule has 0 unspecified atom stereocenters. The summed E-state index contributed by atoms with van der Waals surface area (Å²) in [6.45, 7) is 0.381. The van der Waals surface area contributed by atoms with Gasteiger partial charge in [0.25, 0.3) is 0 Å². The van der Waals surface area contributed by atoms with Crippen LogP contribution in [0.2, 0.25) is 0 Å². The molecule has 0 spiro atoms. The van der Waals surface area contributed by atoms with Crippen LogP contribution in [-0.2, 0) is 6.61 Å². The quantitative estimate of drug-likeness (QED) is 0.871. The lowest BCUT2D eigenvalue weighted by Crippen LogP contribution is -1.93. The van der Waals surface area contributed by atoms with E-state index in [9.17, 15) is 0 Å². The van der Waals surface area contributed by atoms with Crippen LogP contribution in [0.1, 0.15) is 9.75 Å². The molecule has 0 saturated heterocycles. The Labute approximate surface area is 116 Å². The first-order valence-electron chi connectivity index (χ1n) is 5.77. The van der Waals surface area contributed by atoms with Crippen molar-refractivity contribution in [1.29, 1.82) is 0 Å². The Morgan fingerprint density at radius 3 is 2.84 bits per heavy atom. The number of hydrogen-bond donors (Lipinski definition) is 1. The largest absolute Gasteiger partial charge is 0.497 e. The van der Waals surface area contributed by atoms with Gasteiger partial charge in [-0.15, -0.1) is 11.3 Å². The number of thiophene rings is 1. The Hall–Kier alpha value is -1.96. The van der Waals surface area contributed by atoms with Gasteiger partial charge in [-0.3, -0.25) is 0 Å². The Morgan fingerprint density at radius 1 is 1.21 bits per heavy atom. The number of hydrogen-bond acceptors (Lipinski definition) is 4. The molecule has 0 aliphatic heterocycles. The highest BCUT2D eigenvalue weighted by molar-refractivity contribution is 7.12. The third-order valence-electron chi connectivity index (χ3n) is 2.37. The second kappa shape index (κ2) is 6.83. The minimum absolute atomic E-state index is 0.118. The number of methoxy groups -OCH3 is 1. The number of benzene rings is 1. The maximum atomic E-state index is 8.63. The van der Waals surface area contributed by atoms with E-state index in [2.05, 4.69) is 11.8 Å². The van der Waals surface area contributed by atoms with Gasteiger partial charge >= 0.3 is 0 Å². The van der Waals surface area contributed by atoms with Gasteiger partial charge in [0.2, 0.25) is 0 Å². The predicted octanol–water partition coefficient (Wildman–Crippen LogP) is 2.68. The molecule has 0 fully saturated rings. The molecule has 1 heterocycles. The average Bonchev–Trinajstić information content (AvgIpc) is 2.91. The fourth-order valence-corrected chi connectivity index (χ4v) is 2.29. The minimum Gasteiger partial charge on any atom is -0.497 e. The summed E-state index contributed by atoms with van der Waals surface area (Å²) in [6, 6.07) is 11.4. The van der Waals surface area contributed by atoms with Crippen LogP contribution in [0.25, 0.3) is 0 Å². The number of ether oxygens (including phenoxy) is 2. The molecule has 0 bridgehead atoms. The lowest BCUT2D eigenvalue weighted by atomic mass is 10.3. The van der Waals surface area contributed by atoms with Gasteiger partial charge in [0.15, 0.2) is 0 Å². The SMILES string of the molecule is COc1cccc(OCc2ccc(C#CCO)s2)c1. The number of aliphatic hydroxyl groups excluding tert-OH is 1. The molecule has 0 aliphatic rings. The lowest BCUT2D eigenvalue weighted by Gasteiger charge is -2.06. The monoisotopic (exact) mass is 274 g/mol. The molecule has 0 atom stereocenters. The van der Waals surface area contributed by atoms with E-state index >= 15 is 0 Å². The summed E-state index contributed by atoms with van der Waals surface area (Å²) in [7, 11) is 1.63. The molecule has 1 aromatic carbocycles. The van der Waals surface area contributed by atoms with Crippen molar-refractivity contribution in [3.8, 4) is 23.3 Å². The van der Waals surface area contributed by atoms with Gasteiger partial charge < -0.3 is 14.6 Å². The lowest BCUT2D eigenvalue weighted by molar-refractivity contribution is 0.307. The van der Waals surface area contributed by atoms with E-state index in [4.69, 9.17) is 14.6 Å². The van der Waals surface area contributed by atoms with Gasteiger partial charge in [-0.25, -0.2) is 0 Å². The summed E-state index contributed by atoms with van der Waals surface area (Å²) in [6.07, 6.45) is 0. The fourth-order valence-electron chi connectivity index (χ4n) is 1.49. The zero-order valence-electron chi connectivity index (χ0n) is 10.6. The van der Waals surface area contributed by atoms with Gasteiger partial charge in [0.05, 0.1) is 12.0 Å². The normalized spacial score (nSPS) is 9.58. The topological polar surface area (TPSA) is 38.7 Å². The van der Waals surface area contributed by atoms with Crippen molar-refractivity contribution in [1.82, 2.24) is 0 Å². The molecule has 1 N–H and O–H groups in total. The van der Waals surface area contributed by atoms with Gasteiger partial charge in [0, 0.05) is 10.9 Å². The van der Waals surface area contributed by atoms with E-state index in [1.807, 2.05) is 36.4 Å². The summed E-state index contributed by atoms with van der Waals surface area (Å²) in [5, 5.41) is 8.63. The van der Waals surface area contributed by atoms with Crippen LogP contribution in [0, 0.1) is 11.8 Å². The van der Waals surface area contributed by atoms with Crippen molar-refractivity contribution in [2.45, 2.75) is 6.61 Å². The smallest absolute Gasteiger partial charge is 0.123 e. The highest BCUT2D eigenvalue weighted by atomic mass is 32.1. The van der Waals surface area contributed by atoms with Gasteiger partial charge in [-0.2, -0.15) is 0 Å². The van der Waals surface area contributed by atoms with Crippen molar-refractivity contribution in [2.24, 2.45) is 0 Å². The van der Waals surface area contributed by atoms with Crippen LogP contribution in [0.15, 0.2) is 36.4 Å². The first kappa shape index (κ1) is 13.5. The Kier molecular flexibility index (Phi) is 4.85. The van der Waals surface area contributed by atoms with Gasteiger partial charge in [-0.05, 0) is 24.3 Å².